The fourth-order valence-electron chi connectivity index (χ4n) is 7.04. The predicted octanol–water partition coefficient (Wildman–Crippen LogP) is 5.01. The van der Waals surface area contributed by atoms with Crippen molar-refractivity contribution in [2.45, 2.75) is 82.7 Å². The van der Waals surface area contributed by atoms with Crippen molar-refractivity contribution in [3.63, 3.8) is 0 Å². The summed E-state index contributed by atoms with van der Waals surface area (Å²) in [6.45, 7) is 6.79. The first-order valence-corrected chi connectivity index (χ1v) is 17.8. The molecule has 286 valence electrons. The number of nitrogens with zero attached hydrogens (tertiary/aromatic N) is 2. The molecule has 2 amide bonds. The maximum Gasteiger partial charge on any atom is 0.409 e. The van der Waals surface area contributed by atoms with E-state index in [2.05, 4.69) is 5.32 Å². The third kappa shape index (κ3) is 8.70. The number of anilines is 2. The van der Waals surface area contributed by atoms with Gasteiger partial charge in [0.15, 0.2) is 11.5 Å². The molecule has 0 aliphatic carbocycles. The molecule has 0 saturated carbocycles. The first kappa shape index (κ1) is 39.8. The number of alkyl carbamates (subject to hydrolysis) is 1. The lowest BCUT2D eigenvalue weighted by atomic mass is 9.83. The van der Waals surface area contributed by atoms with Crippen LogP contribution in [0.15, 0.2) is 60.2 Å². The third-order valence-corrected chi connectivity index (χ3v) is 10.7. The number of carbonyl (C=O) groups excluding carboxylic acids is 4. The molecule has 0 unspecified atom stereocenters. The molecule has 13 nitrogen and oxygen atoms in total. The van der Waals surface area contributed by atoms with Crippen molar-refractivity contribution in [3.8, 4) is 5.75 Å². The van der Waals surface area contributed by atoms with E-state index in [-0.39, 0.29) is 30.2 Å². The molecule has 0 aromatic heterocycles. The van der Waals surface area contributed by atoms with E-state index in [0.29, 0.717) is 29.1 Å². The second-order valence-corrected chi connectivity index (χ2v) is 14.6. The summed E-state index contributed by atoms with van der Waals surface area (Å²) in [7, 11) is 6.24. The fraction of sp³-hybridized carbons (Fsp3) is 0.487. The molecule has 3 aliphatic heterocycles. The molecule has 0 radical (unpaired) electrons. The van der Waals surface area contributed by atoms with Crippen LogP contribution in [-0.2, 0) is 35.0 Å². The Morgan fingerprint density at radius 1 is 1.17 bits per heavy atom. The molecule has 2 aromatic carbocycles. The highest BCUT2D eigenvalue weighted by Gasteiger charge is 2.64. The van der Waals surface area contributed by atoms with Crippen molar-refractivity contribution < 1.29 is 48.0 Å². The van der Waals surface area contributed by atoms with Crippen LogP contribution >= 0.6 is 11.6 Å². The molecule has 14 heteroatoms. The molecule has 4 bridgehead atoms. The highest BCUT2D eigenvalue weighted by atomic mass is 35.5. The quantitative estimate of drug-likeness (QED) is 0.223. The van der Waals surface area contributed by atoms with Crippen molar-refractivity contribution in [3.05, 3.63) is 76.3 Å². The van der Waals surface area contributed by atoms with Gasteiger partial charge in [0.2, 0.25) is 5.91 Å². The Hall–Kier alpha value is -4.43. The van der Waals surface area contributed by atoms with E-state index in [9.17, 15) is 24.3 Å². The van der Waals surface area contributed by atoms with Crippen LogP contribution in [0.5, 0.6) is 5.75 Å². The minimum Gasteiger partial charge on any atom is -0.495 e. The number of allylic oxidation sites excluding steroid dienone is 3. The summed E-state index contributed by atoms with van der Waals surface area (Å²) >= 11 is 6.76. The molecule has 2 N–H and O–H groups in total. The summed E-state index contributed by atoms with van der Waals surface area (Å²) in [5.74, 6) is -1.22. The zero-order valence-electron chi connectivity index (χ0n) is 31.3. The summed E-state index contributed by atoms with van der Waals surface area (Å²) in [5.41, 5.74) is 0.400. The second kappa shape index (κ2) is 15.9. The minimum atomic E-state index is -1.81. The number of ketones is 1. The number of esters is 1. The molecular weight excluding hydrogens is 706 g/mol. The first-order valence-electron chi connectivity index (χ1n) is 17.4. The topological polar surface area (TPSA) is 156 Å². The van der Waals surface area contributed by atoms with E-state index < -0.39 is 59.6 Å². The Kier molecular flexibility index (Phi) is 11.9. The zero-order chi connectivity index (χ0) is 38.8. The van der Waals surface area contributed by atoms with Gasteiger partial charge in [-0.3, -0.25) is 19.7 Å². The minimum absolute atomic E-state index is 0.0369. The van der Waals surface area contributed by atoms with Crippen molar-refractivity contribution >= 4 is 46.7 Å². The molecule has 5 rings (SSSR count). The number of carbonyl (C=O) groups is 4. The van der Waals surface area contributed by atoms with Crippen LogP contribution in [0.3, 0.4) is 0 Å². The molecular formula is C39H48ClN3O10. The van der Waals surface area contributed by atoms with Crippen molar-refractivity contribution in [1.82, 2.24) is 5.32 Å². The van der Waals surface area contributed by atoms with E-state index in [1.807, 2.05) is 26.0 Å². The Morgan fingerprint density at radius 3 is 2.51 bits per heavy atom. The maximum absolute atomic E-state index is 14.1. The van der Waals surface area contributed by atoms with Gasteiger partial charge in [0, 0.05) is 44.8 Å². The predicted molar refractivity (Wildman–Crippen MR) is 198 cm³/mol. The highest BCUT2D eigenvalue weighted by Crippen LogP contribution is 2.49. The summed E-state index contributed by atoms with van der Waals surface area (Å²) in [6, 6.07) is 10.4. The number of Topliss-reactive ketones (excluding diaryl/α,β-unsaturated/α-hetero) is 1. The van der Waals surface area contributed by atoms with Gasteiger partial charge in [-0.15, -0.1) is 0 Å². The number of nitrogens with one attached hydrogen (secondary N) is 1. The second-order valence-electron chi connectivity index (χ2n) is 14.2. The molecule has 3 aliphatic rings. The van der Waals surface area contributed by atoms with Crippen LogP contribution in [0, 0.1) is 5.92 Å². The fourth-order valence-corrected chi connectivity index (χ4v) is 7.35. The molecule has 2 fully saturated rings. The van der Waals surface area contributed by atoms with Crippen LogP contribution in [0.4, 0.5) is 16.2 Å². The number of fused-ring (bicyclic) bond motifs is 5. The van der Waals surface area contributed by atoms with E-state index in [4.69, 9.17) is 35.3 Å². The van der Waals surface area contributed by atoms with Gasteiger partial charge >= 0.3 is 12.1 Å². The number of hydrogen-bond donors (Lipinski definition) is 2. The lowest BCUT2D eigenvalue weighted by molar-refractivity contribution is -0.152. The average molecular weight is 754 g/mol. The molecule has 2 aromatic rings. The number of aliphatic hydroxyl groups is 1. The van der Waals surface area contributed by atoms with E-state index in [1.165, 1.54) is 26.0 Å². The number of epoxide rings is 1. The smallest absolute Gasteiger partial charge is 0.409 e. The summed E-state index contributed by atoms with van der Waals surface area (Å²) in [4.78, 5) is 55.4. The highest BCUT2D eigenvalue weighted by molar-refractivity contribution is 6.35. The van der Waals surface area contributed by atoms with E-state index in [1.54, 1.807) is 68.4 Å². The number of amides is 2. The van der Waals surface area contributed by atoms with Gasteiger partial charge in [-0.2, -0.15) is 0 Å². The Labute approximate surface area is 314 Å². The number of halogens is 1. The van der Waals surface area contributed by atoms with Gasteiger partial charge in [0.1, 0.15) is 41.2 Å². The molecule has 53 heavy (non-hydrogen) atoms. The standard InChI is InChI=1S/C39H48ClN3O10/c1-22-10-9-11-31(50-8)39(48)20-30(51-37(47)41-39)23(2)36-38(4,53-36)32(52-34(46)21-42(5)27-14-12-26(13-15-27)24(3)44)19-33(45)43(6)28-17-25(16-22)18-29(49-7)35(28)40/h9-15,17-18,23,30-32,36,48H,16,19-21H2,1-8H3,(H,41,47)/b11-9+,22-10+/t23-,30+,31-,32+,36+,38+,39+/m1/s1. The SMILES string of the molecule is COc1cc2cc(c1Cl)N(C)C(=O)C[C@H](OC(=O)CN(C)c1ccc(C(C)=O)cc1)[C@]1(C)O[C@H]1[C@H](C)[C@@H]1C[C@@](O)(NC(=O)O1)[C@H](OC)/C=C/C=C(\C)C2. The van der Waals surface area contributed by atoms with Gasteiger partial charge < -0.3 is 38.6 Å². The van der Waals surface area contributed by atoms with Crippen LogP contribution < -0.4 is 19.9 Å². The van der Waals surface area contributed by atoms with Gasteiger partial charge in [-0.25, -0.2) is 4.79 Å². The van der Waals surface area contributed by atoms with Crippen LogP contribution in [-0.4, -0.2) is 99.5 Å². The van der Waals surface area contributed by atoms with Crippen LogP contribution in [0.1, 0.15) is 56.5 Å². The Morgan fingerprint density at radius 2 is 1.87 bits per heavy atom. The summed E-state index contributed by atoms with van der Waals surface area (Å²) < 4.78 is 29.2. The van der Waals surface area contributed by atoms with Crippen LogP contribution in [0.2, 0.25) is 5.02 Å². The van der Waals surface area contributed by atoms with Crippen molar-refractivity contribution in [1.29, 1.82) is 0 Å². The average Bonchev–Trinajstić information content (AvgIpc) is 3.81. The number of rotatable bonds is 7. The van der Waals surface area contributed by atoms with E-state index >= 15 is 0 Å². The first-order chi connectivity index (χ1) is 25.0. The van der Waals surface area contributed by atoms with Crippen molar-refractivity contribution in [2.75, 3.05) is 44.7 Å². The molecule has 0 spiro atoms. The lowest BCUT2D eigenvalue weighted by Crippen LogP contribution is -2.63. The zero-order valence-corrected chi connectivity index (χ0v) is 32.1. The molecule has 7 atom stereocenters. The monoisotopic (exact) mass is 753 g/mol. The summed E-state index contributed by atoms with van der Waals surface area (Å²) in [6.07, 6.45) is 1.15. The van der Waals surface area contributed by atoms with Crippen molar-refractivity contribution in [2.24, 2.45) is 5.92 Å². The van der Waals surface area contributed by atoms with Gasteiger partial charge in [0.25, 0.3) is 0 Å². The van der Waals surface area contributed by atoms with Gasteiger partial charge in [0.05, 0.1) is 25.3 Å². The number of likely N-dealkylation sites (N-methyl/N-ethyl adjacent to an activating group) is 1. The largest absolute Gasteiger partial charge is 0.495 e. The van der Waals surface area contributed by atoms with Gasteiger partial charge in [-0.1, -0.05) is 42.3 Å². The number of ether oxygens (including phenoxy) is 5. The molecule has 3 heterocycles. The lowest BCUT2D eigenvalue weighted by Gasteiger charge is -2.42. The maximum atomic E-state index is 14.1. The molecule has 2 saturated heterocycles. The number of methoxy groups -OCH3 is 2. The number of benzene rings is 2. The third-order valence-electron chi connectivity index (χ3n) is 10.3. The van der Waals surface area contributed by atoms with Crippen LogP contribution in [0.25, 0.3) is 0 Å². The Balaban J connectivity index is 1.50. The number of hydrogen-bond acceptors (Lipinski definition) is 11. The van der Waals surface area contributed by atoms with E-state index in [0.717, 1.165) is 11.1 Å². The van der Waals surface area contributed by atoms with Gasteiger partial charge in [-0.05, 0) is 69.2 Å². The summed E-state index contributed by atoms with van der Waals surface area (Å²) in [5, 5.41) is 14.5. The normalized spacial score (nSPS) is 30.5. The Bertz CT molecular complexity index is 1800.